The average molecular weight is 371 g/mol. The number of rotatable bonds is 6. The van der Waals surface area contributed by atoms with E-state index in [4.69, 9.17) is 5.73 Å². The number of hydrogen-bond donors (Lipinski definition) is 2. The van der Waals surface area contributed by atoms with Crippen molar-refractivity contribution < 1.29 is 0 Å². The van der Waals surface area contributed by atoms with Gasteiger partial charge in [0.2, 0.25) is 0 Å². The first-order valence-electron chi connectivity index (χ1n) is 9.21. The lowest BCUT2D eigenvalue weighted by molar-refractivity contribution is 0.774. The van der Waals surface area contributed by atoms with E-state index in [2.05, 4.69) is 32.8 Å². The van der Waals surface area contributed by atoms with Crippen LogP contribution in [0.3, 0.4) is 0 Å². The molecule has 1 aromatic heterocycles. The predicted molar refractivity (Wildman–Crippen MR) is 113 cm³/mol. The topological polar surface area (TPSA) is 92.9 Å². The minimum absolute atomic E-state index is 0.286. The van der Waals surface area contributed by atoms with Gasteiger partial charge in [-0.2, -0.15) is 10.2 Å². The molecule has 0 saturated heterocycles. The molecule has 0 amide bonds. The molecule has 28 heavy (non-hydrogen) atoms. The van der Waals surface area contributed by atoms with Crippen molar-refractivity contribution in [1.82, 2.24) is 9.78 Å². The maximum Gasteiger partial charge on any atom is 0.176 e. The number of nitrogens with zero attached hydrogens (tertiary/aromatic N) is 5. The Kier molecular flexibility index (Phi) is 4.97. The van der Waals surface area contributed by atoms with E-state index in [-0.39, 0.29) is 5.84 Å². The lowest BCUT2D eigenvalue weighted by atomic mass is 10.0. The van der Waals surface area contributed by atoms with Gasteiger partial charge in [-0.05, 0) is 30.7 Å². The smallest absolute Gasteiger partial charge is 0.176 e. The van der Waals surface area contributed by atoms with Gasteiger partial charge in [0, 0.05) is 5.56 Å². The van der Waals surface area contributed by atoms with Crippen molar-refractivity contribution in [1.29, 1.82) is 0 Å². The Labute approximate surface area is 163 Å². The normalized spacial score (nSPS) is 14.8. The second kappa shape index (κ2) is 7.87. The fourth-order valence-electron chi connectivity index (χ4n) is 3.09. The number of nitrogens with one attached hydrogen (secondary N) is 1. The third-order valence-electron chi connectivity index (χ3n) is 4.41. The highest BCUT2D eigenvalue weighted by Gasteiger charge is 2.26. The Hall–Kier alpha value is -3.74. The zero-order valence-electron chi connectivity index (χ0n) is 15.6. The average Bonchev–Trinajstić information content (AvgIpc) is 3.31. The lowest BCUT2D eigenvalue weighted by Crippen LogP contribution is -2.29. The molecule has 1 aliphatic rings. The van der Waals surface area contributed by atoms with E-state index in [0.717, 1.165) is 35.5 Å². The van der Waals surface area contributed by atoms with Crippen molar-refractivity contribution in [3.8, 4) is 5.69 Å². The Morgan fingerprint density at radius 1 is 1.00 bits per heavy atom. The molecule has 0 spiro atoms. The summed E-state index contributed by atoms with van der Waals surface area (Å²) < 4.78 is 1.94. The summed E-state index contributed by atoms with van der Waals surface area (Å²) >= 11 is 0. The van der Waals surface area contributed by atoms with Gasteiger partial charge in [0.1, 0.15) is 5.71 Å². The van der Waals surface area contributed by atoms with Crippen molar-refractivity contribution in [3.63, 3.8) is 0 Å². The molecule has 140 valence electrons. The summed E-state index contributed by atoms with van der Waals surface area (Å²) in [5, 5.41) is 17.4. The molecule has 0 unspecified atom stereocenters. The fourth-order valence-corrected chi connectivity index (χ4v) is 3.09. The molecule has 0 atom stereocenters. The van der Waals surface area contributed by atoms with Gasteiger partial charge >= 0.3 is 0 Å². The molecular formula is C21H21N7. The molecule has 3 N–H and O–H groups in total. The van der Waals surface area contributed by atoms with Crippen LogP contribution in [-0.2, 0) is 6.42 Å². The number of benzene rings is 2. The fraction of sp³-hybridized carbons (Fsp3) is 0.143. The second-order valence-electron chi connectivity index (χ2n) is 6.37. The van der Waals surface area contributed by atoms with Gasteiger partial charge in [-0.25, -0.2) is 4.68 Å². The molecule has 4 rings (SSSR count). The summed E-state index contributed by atoms with van der Waals surface area (Å²) in [7, 11) is 0. The molecule has 1 aliphatic heterocycles. The van der Waals surface area contributed by atoms with Crippen LogP contribution >= 0.6 is 0 Å². The third-order valence-corrected chi connectivity index (χ3v) is 4.41. The van der Waals surface area contributed by atoms with E-state index in [1.165, 1.54) is 0 Å². The van der Waals surface area contributed by atoms with Gasteiger partial charge in [-0.15, -0.1) is 10.2 Å². The summed E-state index contributed by atoms with van der Waals surface area (Å²) in [5.74, 6) is 0.286. The van der Waals surface area contributed by atoms with E-state index in [1.807, 2.05) is 71.5 Å². The van der Waals surface area contributed by atoms with Crippen LogP contribution in [-0.4, -0.2) is 27.0 Å². The van der Waals surface area contributed by atoms with Crippen molar-refractivity contribution in [2.24, 2.45) is 21.0 Å². The number of anilines is 1. The molecule has 0 aliphatic carbocycles. The molecule has 7 heteroatoms. The van der Waals surface area contributed by atoms with Crippen LogP contribution in [0.25, 0.3) is 5.69 Å². The Morgan fingerprint density at radius 3 is 2.43 bits per heavy atom. The molecule has 0 bridgehead atoms. The molecule has 0 radical (unpaired) electrons. The van der Waals surface area contributed by atoms with Gasteiger partial charge in [0.05, 0.1) is 23.3 Å². The molecule has 0 saturated carbocycles. The molecule has 3 aromatic rings. The van der Waals surface area contributed by atoms with Crippen molar-refractivity contribution in [2.45, 2.75) is 19.8 Å². The minimum Gasteiger partial charge on any atom is -0.380 e. The first kappa shape index (κ1) is 17.7. The first-order chi connectivity index (χ1) is 13.8. The van der Waals surface area contributed by atoms with Gasteiger partial charge < -0.3 is 5.73 Å². The zero-order chi connectivity index (χ0) is 19.3. The third kappa shape index (κ3) is 3.42. The van der Waals surface area contributed by atoms with E-state index >= 15 is 0 Å². The van der Waals surface area contributed by atoms with E-state index in [9.17, 15) is 0 Å². The lowest BCUT2D eigenvalue weighted by Gasteiger charge is -2.09. The summed E-state index contributed by atoms with van der Waals surface area (Å²) in [6, 6.07) is 19.7. The highest BCUT2D eigenvalue weighted by atomic mass is 15.3. The summed E-state index contributed by atoms with van der Waals surface area (Å²) in [6.07, 6.45) is 3.63. The minimum atomic E-state index is 0.286. The largest absolute Gasteiger partial charge is 0.380 e. The van der Waals surface area contributed by atoms with Gasteiger partial charge in [-0.1, -0.05) is 49.7 Å². The Balaban J connectivity index is 1.71. The number of nitrogens with two attached hydrogens (primary N) is 1. The van der Waals surface area contributed by atoms with Crippen LogP contribution < -0.4 is 11.2 Å². The SMILES string of the molecule is CCCc1c(C2=NN=C(N)C2=NNc2ccccc2)cnn1-c1ccccc1. The Bertz CT molecular complexity index is 1050. The second-order valence-corrected chi connectivity index (χ2v) is 6.37. The highest BCUT2D eigenvalue weighted by Crippen LogP contribution is 2.20. The number of para-hydroxylation sites is 2. The van der Waals surface area contributed by atoms with Crippen LogP contribution in [0.4, 0.5) is 5.69 Å². The maximum atomic E-state index is 6.05. The molecule has 0 fully saturated rings. The summed E-state index contributed by atoms with van der Waals surface area (Å²) in [5.41, 5.74) is 14.1. The number of aromatic nitrogens is 2. The van der Waals surface area contributed by atoms with Crippen molar-refractivity contribution in [3.05, 3.63) is 78.1 Å². The summed E-state index contributed by atoms with van der Waals surface area (Å²) in [6.45, 7) is 2.14. The zero-order valence-corrected chi connectivity index (χ0v) is 15.6. The predicted octanol–water partition coefficient (Wildman–Crippen LogP) is 3.37. The number of hydrazone groups is 1. The van der Waals surface area contributed by atoms with Crippen LogP contribution in [0.2, 0.25) is 0 Å². The highest BCUT2D eigenvalue weighted by molar-refractivity contribution is 6.72. The maximum absolute atomic E-state index is 6.05. The Morgan fingerprint density at radius 2 is 1.71 bits per heavy atom. The van der Waals surface area contributed by atoms with E-state index in [1.54, 1.807) is 0 Å². The summed E-state index contributed by atoms with van der Waals surface area (Å²) in [4.78, 5) is 0. The molecule has 2 aromatic carbocycles. The standard InChI is InChI=1S/C21H21N7/c1-2-9-18-17(14-23-28(18)16-12-7-4-8-13-16)19-20(21(22)27-25-19)26-24-15-10-5-3-6-11-15/h3-8,10-14,24H,2,9H2,1H3,(H2,22,26,27). The molecule has 2 heterocycles. The number of hydrogen-bond acceptors (Lipinski definition) is 6. The monoisotopic (exact) mass is 371 g/mol. The van der Waals surface area contributed by atoms with Gasteiger partial charge in [0.15, 0.2) is 11.5 Å². The first-order valence-corrected chi connectivity index (χ1v) is 9.21. The van der Waals surface area contributed by atoms with E-state index in [0.29, 0.717) is 11.4 Å². The van der Waals surface area contributed by atoms with Gasteiger partial charge in [0.25, 0.3) is 0 Å². The van der Waals surface area contributed by atoms with Crippen LogP contribution in [0, 0.1) is 0 Å². The van der Waals surface area contributed by atoms with Crippen LogP contribution in [0.1, 0.15) is 24.6 Å². The quantitative estimate of drug-likeness (QED) is 0.651. The van der Waals surface area contributed by atoms with Crippen LogP contribution in [0.5, 0.6) is 0 Å². The van der Waals surface area contributed by atoms with Crippen LogP contribution in [0.15, 0.2) is 82.2 Å². The molecule has 7 nitrogen and oxygen atoms in total. The van der Waals surface area contributed by atoms with Gasteiger partial charge in [-0.3, -0.25) is 5.43 Å². The number of amidine groups is 1. The van der Waals surface area contributed by atoms with Crippen molar-refractivity contribution >= 4 is 22.9 Å². The van der Waals surface area contributed by atoms with Crippen molar-refractivity contribution in [2.75, 3.05) is 5.43 Å². The van der Waals surface area contributed by atoms with E-state index < -0.39 is 0 Å². The molecular weight excluding hydrogens is 350 g/mol.